The highest BCUT2D eigenvalue weighted by Gasteiger charge is 2.20. The molecule has 0 radical (unpaired) electrons. The van der Waals surface area contributed by atoms with Crippen LogP contribution >= 0.6 is 34.5 Å². The van der Waals surface area contributed by atoms with Gasteiger partial charge in [-0.15, -0.1) is 11.3 Å². The van der Waals surface area contributed by atoms with Crippen LogP contribution in [0.4, 0.5) is 5.69 Å². The monoisotopic (exact) mass is 329 g/mol. The summed E-state index contributed by atoms with van der Waals surface area (Å²) < 4.78 is 0.693. The number of anilines is 1. The lowest BCUT2D eigenvalue weighted by Gasteiger charge is -2.29. The van der Waals surface area contributed by atoms with Crippen molar-refractivity contribution in [1.82, 2.24) is 0 Å². The molecular weight excluding hydrogens is 317 g/mol. The van der Waals surface area contributed by atoms with Gasteiger partial charge in [-0.2, -0.15) is 0 Å². The molecule has 20 heavy (non-hydrogen) atoms. The molecule has 6 heteroatoms. The van der Waals surface area contributed by atoms with E-state index in [1.807, 2.05) is 31.2 Å². The van der Waals surface area contributed by atoms with Gasteiger partial charge in [0.15, 0.2) is 0 Å². The third-order valence-electron chi connectivity index (χ3n) is 2.94. The number of benzene rings is 1. The smallest absolute Gasteiger partial charge is 0.323 e. The first kappa shape index (κ1) is 15.2. The Bertz CT molecular complexity index is 597. The molecule has 0 bridgehead atoms. The number of carboxylic acids is 1. The van der Waals surface area contributed by atoms with Gasteiger partial charge in [-0.3, -0.25) is 4.79 Å². The molecular formula is C14H13Cl2NO2S. The summed E-state index contributed by atoms with van der Waals surface area (Å²) in [4.78, 5) is 13.9. The SMILES string of the molecule is CC(c1ccc(Cl)s1)N(CC(=O)O)c1ccc(Cl)cc1. The van der Waals surface area contributed by atoms with E-state index in [0.29, 0.717) is 9.36 Å². The van der Waals surface area contributed by atoms with Crippen LogP contribution in [-0.2, 0) is 4.79 Å². The van der Waals surface area contributed by atoms with Crippen molar-refractivity contribution in [3.63, 3.8) is 0 Å². The fourth-order valence-electron chi connectivity index (χ4n) is 1.94. The van der Waals surface area contributed by atoms with E-state index in [2.05, 4.69) is 0 Å². The first-order valence-corrected chi connectivity index (χ1v) is 7.54. The molecule has 0 aliphatic heterocycles. The van der Waals surface area contributed by atoms with Crippen LogP contribution in [0.3, 0.4) is 0 Å². The van der Waals surface area contributed by atoms with E-state index in [0.717, 1.165) is 10.6 Å². The molecule has 0 aliphatic carbocycles. The molecule has 0 aliphatic rings. The number of carbonyl (C=O) groups is 1. The van der Waals surface area contributed by atoms with Crippen molar-refractivity contribution < 1.29 is 9.90 Å². The number of hydrogen-bond acceptors (Lipinski definition) is 3. The fraction of sp³-hybridized carbons (Fsp3) is 0.214. The summed E-state index contributed by atoms with van der Waals surface area (Å²) in [6, 6.07) is 10.8. The highest BCUT2D eigenvalue weighted by atomic mass is 35.5. The second kappa shape index (κ2) is 6.48. The number of hydrogen-bond donors (Lipinski definition) is 1. The Labute approximate surface area is 131 Å². The fourth-order valence-corrected chi connectivity index (χ4v) is 3.19. The number of carboxylic acid groups (broad SMARTS) is 1. The Morgan fingerprint density at radius 3 is 2.40 bits per heavy atom. The number of halogens is 2. The van der Waals surface area contributed by atoms with E-state index < -0.39 is 5.97 Å². The summed E-state index contributed by atoms with van der Waals surface area (Å²) in [6.45, 7) is 1.87. The Kier molecular flexibility index (Phi) is 4.91. The van der Waals surface area contributed by atoms with Crippen molar-refractivity contribution >= 4 is 46.2 Å². The van der Waals surface area contributed by atoms with Crippen molar-refractivity contribution in [2.75, 3.05) is 11.4 Å². The number of rotatable bonds is 5. The molecule has 1 aromatic heterocycles. The van der Waals surface area contributed by atoms with E-state index in [1.165, 1.54) is 11.3 Å². The molecule has 1 heterocycles. The van der Waals surface area contributed by atoms with Gasteiger partial charge in [-0.1, -0.05) is 23.2 Å². The molecule has 2 aromatic rings. The van der Waals surface area contributed by atoms with Crippen LogP contribution in [0.1, 0.15) is 17.8 Å². The third kappa shape index (κ3) is 3.66. The lowest BCUT2D eigenvalue weighted by molar-refractivity contribution is -0.135. The molecule has 1 atom stereocenters. The summed E-state index contributed by atoms with van der Waals surface area (Å²) in [5.74, 6) is -0.880. The maximum Gasteiger partial charge on any atom is 0.323 e. The van der Waals surface area contributed by atoms with Gasteiger partial charge in [-0.05, 0) is 43.3 Å². The quantitative estimate of drug-likeness (QED) is 0.863. The van der Waals surface area contributed by atoms with E-state index in [-0.39, 0.29) is 12.6 Å². The predicted octanol–water partition coefficient (Wildman–Crippen LogP) is 4.71. The minimum atomic E-state index is -0.880. The van der Waals surface area contributed by atoms with Crippen LogP contribution < -0.4 is 4.90 Å². The zero-order chi connectivity index (χ0) is 14.7. The van der Waals surface area contributed by atoms with Crippen molar-refractivity contribution in [2.45, 2.75) is 13.0 Å². The van der Waals surface area contributed by atoms with Gasteiger partial charge >= 0.3 is 5.97 Å². The lowest BCUT2D eigenvalue weighted by Crippen LogP contribution is -2.31. The zero-order valence-corrected chi connectivity index (χ0v) is 13.0. The maximum atomic E-state index is 11.1. The van der Waals surface area contributed by atoms with Gasteiger partial charge in [0.2, 0.25) is 0 Å². The molecule has 0 amide bonds. The average molecular weight is 330 g/mol. The van der Waals surface area contributed by atoms with E-state index in [9.17, 15) is 4.79 Å². The predicted molar refractivity (Wildman–Crippen MR) is 84.2 cm³/mol. The molecule has 3 nitrogen and oxygen atoms in total. The average Bonchev–Trinajstić information content (AvgIpc) is 2.83. The van der Waals surface area contributed by atoms with Crippen molar-refractivity contribution in [3.05, 3.63) is 50.6 Å². The van der Waals surface area contributed by atoms with E-state index >= 15 is 0 Å². The molecule has 2 rings (SSSR count). The summed E-state index contributed by atoms with van der Waals surface area (Å²) in [6.07, 6.45) is 0. The molecule has 1 unspecified atom stereocenters. The molecule has 1 N–H and O–H groups in total. The second-order valence-electron chi connectivity index (χ2n) is 4.32. The molecule has 0 saturated heterocycles. The molecule has 106 valence electrons. The maximum absolute atomic E-state index is 11.1. The Morgan fingerprint density at radius 2 is 1.90 bits per heavy atom. The second-order valence-corrected chi connectivity index (χ2v) is 6.50. The number of nitrogens with zero attached hydrogens (tertiary/aromatic N) is 1. The molecule has 1 aromatic carbocycles. The van der Waals surface area contributed by atoms with Gasteiger partial charge in [-0.25, -0.2) is 0 Å². The topological polar surface area (TPSA) is 40.5 Å². The molecule has 0 saturated carbocycles. The first-order chi connectivity index (χ1) is 9.47. The van der Waals surface area contributed by atoms with Crippen LogP contribution in [0, 0.1) is 0 Å². The van der Waals surface area contributed by atoms with Gasteiger partial charge in [0.05, 0.1) is 10.4 Å². The van der Waals surface area contributed by atoms with Crippen LogP contribution in [0.25, 0.3) is 0 Å². The summed E-state index contributed by atoms with van der Waals surface area (Å²) >= 11 is 13.3. The highest BCUT2D eigenvalue weighted by Crippen LogP contribution is 2.33. The number of aliphatic carboxylic acids is 1. The Hall–Kier alpha value is -1.23. The Morgan fingerprint density at radius 1 is 1.25 bits per heavy atom. The van der Waals surface area contributed by atoms with Crippen LogP contribution in [0.15, 0.2) is 36.4 Å². The number of thiophene rings is 1. The van der Waals surface area contributed by atoms with Crippen LogP contribution in [-0.4, -0.2) is 17.6 Å². The highest BCUT2D eigenvalue weighted by molar-refractivity contribution is 7.16. The van der Waals surface area contributed by atoms with E-state index in [1.54, 1.807) is 17.0 Å². The minimum Gasteiger partial charge on any atom is -0.480 e. The molecule has 0 fully saturated rings. The lowest BCUT2D eigenvalue weighted by atomic mass is 10.2. The molecule has 0 spiro atoms. The summed E-state index contributed by atoms with van der Waals surface area (Å²) in [7, 11) is 0. The van der Waals surface area contributed by atoms with Gasteiger partial charge in [0, 0.05) is 15.6 Å². The van der Waals surface area contributed by atoms with Crippen molar-refractivity contribution in [3.8, 4) is 0 Å². The normalized spacial score (nSPS) is 12.2. The third-order valence-corrected chi connectivity index (χ3v) is 4.59. The van der Waals surface area contributed by atoms with Gasteiger partial charge in [0.1, 0.15) is 6.54 Å². The largest absolute Gasteiger partial charge is 0.480 e. The van der Waals surface area contributed by atoms with Crippen molar-refractivity contribution in [2.24, 2.45) is 0 Å². The van der Waals surface area contributed by atoms with Crippen LogP contribution in [0.5, 0.6) is 0 Å². The van der Waals surface area contributed by atoms with Gasteiger partial charge < -0.3 is 10.0 Å². The summed E-state index contributed by atoms with van der Waals surface area (Å²) in [5, 5.41) is 9.73. The minimum absolute atomic E-state index is 0.0789. The van der Waals surface area contributed by atoms with Crippen LogP contribution in [0.2, 0.25) is 9.36 Å². The zero-order valence-electron chi connectivity index (χ0n) is 10.7. The Balaban J connectivity index is 2.31. The van der Waals surface area contributed by atoms with E-state index in [4.69, 9.17) is 28.3 Å². The summed E-state index contributed by atoms with van der Waals surface area (Å²) in [5.41, 5.74) is 0.814. The first-order valence-electron chi connectivity index (χ1n) is 5.96. The standard InChI is InChI=1S/C14H13Cl2NO2S/c1-9(12-6-7-13(16)20-12)17(8-14(18)19)11-4-2-10(15)3-5-11/h2-7,9H,8H2,1H3,(H,18,19). The van der Waals surface area contributed by atoms with Crippen molar-refractivity contribution in [1.29, 1.82) is 0 Å². The van der Waals surface area contributed by atoms with Gasteiger partial charge in [0.25, 0.3) is 0 Å².